The largest absolute Gasteiger partial charge is 0.357 e. The van der Waals surface area contributed by atoms with Crippen molar-refractivity contribution in [3.05, 3.63) is 47.3 Å². The number of hydrogen-bond acceptors (Lipinski definition) is 4. The fourth-order valence-electron chi connectivity index (χ4n) is 3.10. The highest BCUT2D eigenvalue weighted by Crippen LogP contribution is 2.20. The van der Waals surface area contributed by atoms with Crippen LogP contribution in [0.3, 0.4) is 0 Å². The van der Waals surface area contributed by atoms with E-state index in [4.69, 9.17) is 4.99 Å². The van der Waals surface area contributed by atoms with Crippen LogP contribution in [0.1, 0.15) is 44.1 Å². The SMILES string of the molecule is CCNC(=NCc1ccccc1-n1nc(C)cc1C)NCC(C)(C)CCS(C)(=O)=O.I. The van der Waals surface area contributed by atoms with E-state index in [1.54, 1.807) is 0 Å². The van der Waals surface area contributed by atoms with Crippen LogP contribution in [0, 0.1) is 19.3 Å². The second-order valence-electron chi connectivity index (χ2n) is 8.56. The summed E-state index contributed by atoms with van der Waals surface area (Å²) in [5.41, 5.74) is 4.01. The highest BCUT2D eigenvalue weighted by Gasteiger charge is 2.20. The second kappa shape index (κ2) is 11.8. The zero-order valence-electron chi connectivity index (χ0n) is 19.4. The molecule has 7 nitrogen and oxygen atoms in total. The molecule has 1 heterocycles. The fraction of sp³-hybridized carbons (Fsp3) is 0.545. The molecular weight excluding hydrogens is 525 g/mol. The van der Waals surface area contributed by atoms with Crippen molar-refractivity contribution >= 4 is 39.8 Å². The van der Waals surface area contributed by atoms with E-state index < -0.39 is 9.84 Å². The third-order valence-electron chi connectivity index (χ3n) is 4.87. The summed E-state index contributed by atoms with van der Waals surface area (Å²) in [6.45, 7) is 12.1. The summed E-state index contributed by atoms with van der Waals surface area (Å²) < 4.78 is 24.9. The Labute approximate surface area is 204 Å². The van der Waals surface area contributed by atoms with Crippen LogP contribution < -0.4 is 10.6 Å². The molecule has 0 atom stereocenters. The van der Waals surface area contributed by atoms with Gasteiger partial charge >= 0.3 is 0 Å². The molecule has 0 aliphatic carbocycles. The molecule has 2 aromatic rings. The van der Waals surface area contributed by atoms with Crippen molar-refractivity contribution in [2.24, 2.45) is 10.4 Å². The molecule has 0 unspecified atom stereocenters. The number of rotatable bonds is 9. The number of aromatic nitrogens is 2. The summed E-state index contributed by atoms with van der Waals surface area (Å²) in [6.07, 6.45) is 1.88. The predicted molar refractivity (Wildman–Crippen MR) is 139 cm³/mol. The summed E-state index contributed by atoms with van der Waals surface area (Å²) in [4.78, 5) is 4.75. The third kappa shape index (κ3) is 9.18. The van der Waals surface area contributed by atoms with Gasteiger partial charge < -0.3 is 10.6 Å². The number of hydrogen-bond donors (Lipinski definition) is 2. The van der Waals surface area contributed by atoms with Gasteiger partial charge in [-0.05, 0) is 50.3 Å². The first kappa shape index (κ1) is 27.4. The second-order valence-corrected chi connectivity index (χ2v) is 10.8. The Balaban J connectivity index is 0.00000480. The number of nitrogens with zero attached hydrogens (tertiary/aromatic N) is 3. The van der Waals surface area contributed by atoms with Crippen LogP contribution in [-0.2, 0) is 16.4 Å². The van der Waals surface area contributed by atoms with Gasteiger partial charge in [0.15, 0.2) is 5.96 Å². The quantitative estimate of drug-likeness (QED) is 0.278. The number of nitrogens with one attached hydrogen (secondary N) is 2. The predicted octanol–water partition coefficient (Wildman–Crippen LogP) is 3.62. The Morgan fingerprint density at radius 3 is 2.45 bits per heavy atom. The highest BCUT2D eigenvalue weighted by atomic mass is 127. The van der Waals surface area contributed by atoms with E-state index in [2.05, 4.69) is 47.8 Å². The Morgan fingerprint density at radius 2 is 1.87 bits per heavy atom. The first-order valence-corrected chi connectivity index (χ1v) is 12.4. The van der Waals surface area contributed by atoms with Crippen LogP contribution >= 0.6 is 24.0 Å². The number of guanidine groups is 1. The highest BCUT2D eigenvalue weighted by molar-refractivity contribution is 14.0. The monoisotopic (exact) mass is 561 g/mol. The Hall–Kier alpha value is -1.62. The number of sulfone groups is 1. The fourth-order valence-corrected chi connectivity index (χ4v) is 4.03. The lowest BCUT2D eigenvalue weighted by molar-refractivity contribution is 0.348. The summed E-state index contributed by atoms with van der Waals surface area (Å²) >= 11 is 0. The molecule has 0 saturated heterocycles. The molecule has 0 amide bonds. The number of halogens is 1. The van der Waals surface area contributed by atoms with Gasteiger partial charge in [0.25, 0.3) is 0 Å². The molecule has 0 spiro atoms. The average molecular weight is 562 g/mol. The number of aliphatic imine (C=N–C) groups is 1. The molecule has 0 bridgehead atoms. The molecule has 174 valence electrons. The summed E-state index contributed by atoms with van der Waals surface area (Å²) in [6, 6.07) is 10.2. The van der Waals surface area contributed by atoms with Crippen molar-refractivity contribution in [3.63, 3.8) is 0 Å². The van der Waals surface area contributed by atoms with Gasteiger partial charge in [-0.2, -0.15) is 5.10 Å². The van der Waals surface area contributed by atoms with Crippen molar-refractivity contribution in [1.82, 2.24) is 20.4 Å². The molecule has 1 aromatic heterocycles. The first-order chi connectivity index (χ1) is 14.0. The minimum Gasteiger partial charge on any atom is -0.357 e. The lowest BCUT2D eigenvalue weighted by Crippen LogP contribution is -2.42. The molecule has 0 aliphatic heterocycles. The van der Waals surface area contributed by atoms with Gasteiger partial charge in [0.1, 0.15) is 9.84 Å². The van der Waals surface area contributed by atoms with E-state index in [0.717, 1.165) is 29.2 Å². The van der Waals surface area contributed by atoms with Gasteiger partial charge in [0.2, 0.25) is 0 Å². The van der Waals surface area contributed by atoms with Crippen LogP contribution in [0.5, 0.6) is 0 Å². The summed E-state index contributed by atoms with van der Waals surface area (Å²) in [7, 11) is -2.97. The lowest BCUT2D eigenvalue weighted by Gasteiger charge is -2.26. The van der Waals surface area contributed by atoms with Crippen LogP contribution in [0.4, 0.5) is 0 Å². The van der Waals surface area contributed by atoms with Crippen molar-refractivity contribution in [1.29, 1.82) is 0 Å². The van der Waals surface area contributed by atoms with E-state index >= 15 is 0 Å². The maximum absolute atomic E-state index is 11.5. The maximum atomic E-state index is 11.5. The normalized spacial score (nSPS) is 12.4. The lowest BCUT2D eigenvalue weighted by atomic mass is 9.90. The van der Waals surface area contributed by atoms with Gasteiger partial charge in [-0.3, -0.25) is 0 Å². The molecule has 2 N–H and O–H groups in total. The molecule has 0 aliphatic rings. The molecule has 2 rings (SSSR count). The molecule has 1 aromatic carbocycles. The average Bonchev–Trinajstić information content (AvgIpc) is 3.00. The molecule has 9 heteroatoms. The molecule has 0 saturated carbocycles. The number of benzene rings is 1. The van der Waals surface area contributed by atoms with E-state index in [0.29, 0.717) is 25.5 Å². The molecular formula is C22H36IN5O2S. The standard InChI is InChI=1S/C22H35N5O2S.HI/c1-7-23-21(25-16-22(4,5)12-13-30(6,28)29)24-15-19-10-8-9-11-20(19)27-18(3)14-17(2)26-27;/h8-11,14H,7,12-13,15-16H2,1-6H3,(H2,23,24,25);1H. The summed E-state index contributed by atoms with van der Waals surface area (Å²) in [5.74, 6) is 0.902. The van der Waals surface area contributed by atoms with Gasteiger partial charge in [-0.25, -0.2) is 18.1 Å². The van der Waals surface area contributed by atoms with Crippen molar-refractivity contribution in [2.45, 2.75) is 47.6 Å². The number of para-hydroxylation sites is 1. The van der Waals surface area contributed by atoms with Gasteiger partial charge in [-0.1, -0.05) is 32.0 Å². The van der Waals surface area contributed by atoms with E-state index in [1.165, 1.54) is 6.26 Å². The molecule has 0 fully saturated rings. The van der Waals surface area contributed by atoms with Crippen LogP contribution in [0.2, 0.25) is 0 Å². The minimum atomic E-state index is -2.97. The minimum absolute atomic E-state index is 0. The van der Waals surface area contributed by atoms with Crippen molar-refractivity contribution in [3.8, 4) is 5.69 Å². The van der Waals surface area contributed by atoms with E-state index in [9.17, 15) is 8.42 Å². The smallest absolute Gasteiger partial charge is 0.191 e. The van der Waals surface area contributed by atoms with Gasteiger partial charge in [0, 0.05) is 25.0 Å². The molecule has 31 heavy (non-hydrogen) atoms. The zero-order valence-corrected chi connectivity index (χ0v) is 22.5. The topological polar surface area (TPSA) is 88.4 Å². The van der Waals surface area contributed by atoms with E-state index in [-0.39, 0.29) is 35.1 Å². The zero-order chi connectivity index (χ0) is 22.4. The van der Waals surface area contributed by atoms with Gasteiger partial charge in [-0.15, -0.1) is 24.0 Å². The van der Waals surface area contributed by atoms with Crippen LogP contribution in [0.15, 0.2) is 35.3 Å². The first-order valence-electron chi connectivity index (χ1n) is 10.3. The summed E-state index contributed by atoms with van der Waals surface area (Å²) in [5, 5.41) is 11.2. The van der Waals surface area contributed by atoms with Crippen molar-refractivity contribution < 1.29 is 8.42 Å². The maximum Gasteiger partial charge on any atom is 0.191 e. The molecule has 0 radical (unpaired) electrons. The number of aryl methyl sites for hydroxylation is 2. The third-order valence-corrected chi connectivity index (χ3v) is 5.81. The van der Waals surface area contributed by atoms with Crippen LogP contribution in [0.25, 0.3) is 5.69 Å². The van der Waals surface area contributed by atoms with Crippen molar-refractivity contribution in [2.75, 3.05) is 25.1 Å². The van der Waals surface area contributed by atoms with E-state index in [1.807, 2.05) is 37.6 Å². The van der Waals surface area contributed by atoms with Gasteiger partial charge in [0.05, 0.1) is 23.7 Å². The Bertz CT molecular complexity index is 984. The van der Waals surface area contributed by atoms with Crippen LogP contribution in [-0.4, -0.2) is 49.3 Å². The Morgan fingerprint density at radius 1 is 1.19 bits per heavy atom. The Kier molecular flexibility index (Phi) is 10.5.